The minimum Gasteiger partial charge on any atom is -0.478 e. The van der Waals surface area contributed by atoms with Gasteiger partial charge in [-0.25, -0.2) is 4.79 Å². The van der Waals surface area contributed by atoms with Crippen LogP contribution in [0.4, 0.5) is 0 Å². The first-order chi connectivity index (χ1) is 6.25. The highest BCUT2D eigenvalue weighted by atomic mass is 35.5. The van der Waals surface area contributed by atoms with Gasteiger partial charge >= 0.3 is 5.97 Å². The van der Waals surface area contributed by atoms with Crippen LogP contribution in [0, 0.1) is 0 Å². The molecule has 1 aromatic rings. The lowest BCUT2D eigenvalue weighted by Crippen LogP contribution is -2.01. The third-order valence-electron chi connectivity index (χ3n) is 2.05. The van der Waals surface area contributed by atoms with Crippen molar-refractivity contribution in [2.75, 3.05) is 0 Å². The molecule has 0 saturated carbocycles. The molecule has 0 aliphatic heterocycles. The van der Waals surface area contributed by atoms with Crippen molar-refractivity contribution in [3.8, 4) is 0 Å². The number of aryl methyl sites for hydroxylation is 1. The quantitative estimate of drug-likeness (QED) is 0.836. The van der Waals surface area contributed by atoms with Crippen LogP contribution in [0.15, 0.2) is 24.3 Å². The summed E-state index contributed by atoms with van der Waals surface area (Å²) in [5.41, 5.74) is 1.38. The summed E-state index contributed by atoms with van der Waals surface area (Å²) in [5, 5.41) is 8.86. The molecule has 0 saturated heterocycles. The minimum absolute atomic E-state index is 0. The molecule has 0 spiro atoms. The van der Waals surface area contributed by atoms with Gasteiger partial charge in [0.1, 0.15) is 0 Å². The monoisotopic (exact) mass is 214 g/mol. The minimum atomic E-state index is -0.827. The Bertz CT molecular complexity index is 297. The Morgan fingerprint density at radius 3 is 2.57 bits per heavy atom. The van der Waals surface area contributed by atoms with E-state index in [0.717, 1.165) is 24.8 Å². The van der Waals surface area contributed by atoms with Gasteiger partial charge in [0.2, 0.25) is 0 Å². The molecule has 0 amide bonds. The number of carboxylic acids is 1. The van der Waals surface area contributed by atoms with Crippen LogP contribution >= 0.6 is 12.4 Å². The van der Waals surface area contributed by atoms with Crippen molar-refractivity contribution in [3.05, 3.63) is 35.4 Å². The van der Waals surface area contributed by atoms with Crippen LogP contribution < -0.4 is 0 Å². The summed E-state index contributed by atoms with van der Waals surface area (Å²) >= 11 is 0. The highest BCUT2D eigenvalue weighted by Gasteiger charge is 2.07. The molecule has 2 nitrogen and oxygen atoms in total. The molecule has 78 valence electrons. The number of rotatable bonds is 4. The van der Waals surface area contributed by atoms with Crippen LogP contribution in [-0.2, 0) is 6.42 Å². The number of carboxylic acid groups (broad SMARTS) is 1. The molecule has 0 unspecified atom stereocenters. The van der Waals surface area contributed by atoms with E-state index in [9.17, 15) is 4.79 Å². The van der Waals surface area contributed by atoms with Crippen LogP contribution in [0.25, 0.3) is 0 Å². The topological polar surface area (TPSA) is 37.3 Å². The number of benzene rings is 1. The number of halogens is 1. The van der Waals surface area contributed by atoms with Gasteiger partial charge < -0.3 is 5.11 Å². The van der Waals surface area contributed by atoms with Gasteiger partial charge in [0.15, 0.2) is 0 Å². The Balaban J connectivity index is 0.00000169. The van der Waals surface area contributed by atoms with E-state index < -0.39 is 5.97 Å². The molecule has 0 radical (unpaired) electrons. The van der Waals surface area contributed by atoms with Gasteiger partial charge in [-0.3, -0.25) is 0 Å². The number of hydrogen-bond acceptors (Lipinski definition) is 1. The fourth-order valence-corrected chi connectivity index (χ4v) is 1.31. The SMILES string of the molecule is CCCCc1ccccc1C(=O)O.Cl. The molecule has 1 aromatic carbocycles. The van der Waals surface area contributed by atoms with E-state index >= 15 is 0 Å². The number of carbonyl (C=O) groups is 1. The average Bonchev–Trinajstić information content (AvgIpc) is 2.15. The number of unbranched alkanes of at least 4 members (excludes halogenated alkanes) is 1. The van der Waals surface area contributed by atoms with Crippen molar-refractivity contribution in [1.29, 1.82) is 0 Å². The second kappa shape index (κ2) is 6.44. The van der Waals surface area contributed by atoms with Crippen molar-refractivity contribution >= 4 is 18.4 Å². The second-order valence-electron chi connectivity index (χ2n) is 3.07. The molecule has 0 heterocycles. The third kappa shape index (κ3) is 3.38. The first kappa shape index (κ1) is 13.0. The molecule has 1 N–H and O–H groups in total. The lowest BCUT2D eigenvalue weighted by atomic mass is 10.0. The van der Waals surface area contributed by atoms with Crippen LogP contribution in [-0.4, -0.2) is 11.1 Å². The first-order valence-electron chi connectivity index (χ1n) is 4.57. The molecule has 0 bridgehead atoms. The van der Waals surface area contributed by atoms with Gasteiger partial charge in [0.25, 0.3) is 0 Å². The highest BCUT2D eigenvalue weighted by molar-refractivity contribution is 5.89. The maximum atomic E-state index is 10.8. The lowest BCUT2D eigenvalue weighted by molar-refractivity contribution is 0.0695. The molecular weight excluding hydrogens is 200 g/mol. The molecule has 0 fully saturated rings. The second-order valence-corrected chi connectivity index (χ2v) is 3.07. The Morgan fingerprint density at radius 1 is 1.36 bits per heavy atom. The Labute approximate surface area is 90.4 Å². The Morgan fingerprint density at radius 2 is 2.00 bits per heavy atom. The van der Waals surface area contributed by atoms with Gasteiger partial charge in [-0.2, -0.15) is 0 Å². The Kier molecular flexibility index (Phi) is 5.97. The van der Waals surface area contributed by atoms with E-state index in [0.29, 0.717) is 5.56 Å². The van der Waals surface area contributed by atoms with Crippen molar-refractivity contribution in [2.24, 2.45) is 0 Å². The van der Waals surface area contributed by atoms with E-state index in [-0.39, 0.29) is 12.4 Å². The number of hydrogen-bond donors (Lipinski definition) is 1. The molecule has 0 aromatic heterocycles. The smallest absolute Gasteiger partial charge is 0.335 e. The largest absolute Gasteiger partial charge is 0.478 e. The van der Waals surface area contributed by atoms with Gasteiger partial charge in [-0.05, 0) is 24.5 Å². The van der Waals surface area contributed by atoms with Crippen molar-refractivity contribution < 1.29 is 9.90 Å². The van der Waals surface area contributed by atoms with Crippen molar-refractivity contribution in [2.45, 2.75) is 26.2 Å². The van der Waals surface area contributed by atoms with E-state index in [1.54, 1.807) is 12.1 Å². The summed E-state index contributed by atoms with van der Waals surface area (Å²) in [6.07, 6.45) is 3.00. The zero-order valence-corrected chi connectivity index (χ0v) is 9.01. The molecule has 0 aliphatic rings. The summed E-state index contributed by atoms with van der Waals surface area (Å²) in [4.78, 5) is 10.8. The Hall–Kier alpha value is -1.02. The van der Waals surface area contributed by atoms with Crippen LogP contribution in [0.2, 0.25) is 0 Å². The predicted octanol–water partition coefficient (Wildman–Crippen LogP) is 3.15. The van der Waals surface area contributed by atoms with E-state index in [1.165, 1.54) is 0 Å². The maximum Gasteiger partial charge on any atom is 0.335 e. The van der Waals surface area contributed by atoms with Gasteiger partial charge in [0, 0.05) is 0 Å². The molecular formula is C11H15ClO2. The van der Waals surface area contributed by atoms with E-state index in [1.807, 2.05) is 12.1 Å². The molecule has 3 heteroatoms. The fourth-order valence-electron chi connectivity index (χ4n) is 1.31. The maximum absolute atomic E-state index is 10.8. The zero-order chi connectivity index (χ0) is 9.68. The molecule has 1 rings (SSSR count). The summed E-state index contributed by atoms with van der Waals surface area (Å²) in [6.45, 7) is 2.10. The summed E-state index contributed by atoms with van der Waals surface area (Å²) in [7, 11) is 0. The fraction of sp³-hybridized carbons (Fsp3) is 0.364. The normalized spacial score (nSPS) is 9.21. The zero-order valence-electron chi connectivity index (χ0n) is 8.19. The summed E-state index contributed by atoms with van der Waals surface area (Å²) < 4.78 is 0. The van der Waals surface area contributed by atoms with E-state index in [2.05, 4.69) is 6.92 Å². The summed E-state index contributed by atoms with van der Waals surface area (Å²) in [6, 6.07) is 7.20. The number of aromatic carboxylic acids is 1. The lowest BCUT2D eigenvalue weighted by Gasteiger charge is -2.03. The summed E-state index contributed by atoms with van der Waals surface area (Å²) in [5.74, 6) is -0.827. The average molecular weight is 215 g/mol. The van der Waals surface area contributed by atoms with Gasteiger partial charge in [0.05, 0.1) is 5.56 Å². The standard InChI is InChI=1S/C11H14O2.ClH/c1-2-3-6-9-7-4-5-8-10(9)11(12)13;/h4-5,7-8H,2-3,6H2,1H3,(H,12,13);1H. The predicted molar refractivity (Wildman–Crippen MR) is 59.3 cm³/mol. The van der Waals surface area contributed by atoms with E-state index in [4.69, 9.17) is 5.11 Å². The molecule has 0 atom stereocenters. The van der Waals surface area contributed by atoms with Gasteiger partial charge in [-0.1, -0.05) is 31.5 Å². The van der Waals surface area contributed by atoms with Gasteiger partial charge in [-0.15, -0.1) is 12.4 Å². The van der Waals surface area contributed by atoms with Crippen molar-refractivity contribution in [1.82, 2.24) is 0 Å². The molecule has 14 heavy (non-hydrogen) atoms. The van der Waals surface area contributed by atoms with Crippen LogP contribution in [0.1, 0.15) is 35.7 Å². The highest BCUT2D eigenvalue weighted by Crippen LogP contribution is 2.11. The van der Waals surface area contributed by atoms with Crippen LogP contribution in [0.3, 0.4) is 0 Å². The third-order valence-corrected chi connectivity index (χ3v) is 2.05. The van der Waals surface area contributed by atoms with Crippen molar-refractivity contribution in [3.63, 3.8) is 0 Å². The first-order valence-corrected chi connectivity index (χ1v) is 4.57. The molecule has 0 aliphatic carbocycles. The van der Waals surface area contributed by atoms with Crippen LogP contribution in [0.5, 0.6) is 0 Å².